The van der Waals surface area contributed by atoms with Crippen LogP contribution in [0.5, 0.6) is 0 Å². The summed E-state index contributed by atoms with van der Waals surface area (Å²) in [6, 6.07) is 58.3. The predicted octanol–water partition coefficient (Wildman–Crippen LogP) is 11.8. The van der Waals surface area contributed by atoms with Crippen LogP contribution in [0.2, 0.25) is 0 Å². The van der Waals surface area contributed by atoms with Crippen LogP contribution in [0.15, 0.2) is 168 Å². The number of para-hydroxylation sites is 2. The number of hydrogen-bond acceptors (Lipinski definition) is 2. The maximum absolute atomic E-state index is 9.97. The average Bonchev–Trinajstić information content (AvgIpc) is 3.47. The zero-order valence-electron chi connectivity index (χ0n) is 24.8. The molecule has 0 aliphatic carbocycles. The second-order valence-electron chi connectivity index (χ2n) is 11.7. The van der Waals surface area contributed by atoms with Gasteiger partial charge in [-0.3, -0.25) is 0 Å². The minimum Gasteiger partial charge on any atom is -0.307 e. The van der Waals surface area contributed by atoms with Gasteiger partial charge in [-0.25, -0.2) is 0 Å². The molecule has 8 aromatic rings. The van der Waals surface area contributed by atoms with E-state index in [2.05, 4.69) is 150 Å². The van der Waals surface area contributed by atoms with Gasteiger partial charge in [0.05, 0.1) is 28.4 Å². The number of aromatic nitrogens is 1. The van der Waals surface area contributed by atoms with E-state index in [1.54, 1.807) is 0 Å². The summed E-state index contributed by atoms with van der Waals surface area (Å²) in [6.07, 6.45) is 0. The van der Waals surface area contributed by atoms with Gasteiger partial charge in [0.25, 0.3) is 0 Å². The molecule has 0 saturated heterocycles. The Bertz CT molecular complexity index is 2500. The van der Waals surface area contributed by atoms with E-state index in [-0.39, 0.29) is 0 Å². The van der Waals surface area contributed by atoms with E-state index in [1.807, 2.05) is 30.0 Å². The third-order valence-electron chi connectivity index (χ3n) is 8.98. The van der Waals surface area contributed by atoms with Crippen molar-refractivity contribution in [1.29, 1.82) is 5.26 Å². The summed E-state index contributed by atoms with van der Waals surface area (Å²) >= 11 is 1.85. The molecule has 0 unspecified atom stereocenters. The first-order valence-electron chi connectivity index (χ1n) is 15.4. The molecule has 0 fully saturated rings. The van der Waals surface area contributed by atoms with E-state index >= 15 is 0 Å². The second kappa shape index (κ2) is 10.7. The van der Waals surface area contributed by atoms with Crippen LogP contribution >= 0.6 is 11.8 Å². The van der Waals surface area contributed by atoms with E-state index in [4.69, 9.17) is 0 Å². The average molecular weight is 603 g/mol. The highest BCUT2D eigenvalue weighted by atomic mass is 32.2. The van der Waals surface area contributed by atoms with Gasteiger partial charge in [-0.05, 0) is 99.1 Å². The molecule has 2 heterocycles. The van der Waals surface area contributed by atoms with Crippen molar-refractivity contribution < 1.29 is 0 Å². The number of nitriles is 1. The van der Waals surface area contributed by atoms with Crippen molar-refractivity contribution in [3.8, 4) is 56.3 Å². The van der Waals surface area contributed by atoms with Gasteiger partial charge in [-0.15, -0.1) is 0 Å². The van der Waals surface area contributed by atoms with Gasteiger partial charge in [-0.1, -0.05) is 115 Å². The maximum Gasteiger partial charge on any atom is 0.0992 e. The summed E-state index contributed by atoms with van der Waals surface area (Å²) < 4.78 is 2.42. The number of nitrogens with zero attached hydrogens (tertiary/aromatic N) is 2. The molecule has 1 aromatic heterocycles. The summed E-state index contributed by atoms with van der Waals surface area (Å²) in [5, 5.41) is 12.5. The molecule has 1 aliphatic heterocycles. The number of benzene rings is 7. The molecule has 46 heavy (non-hydrogen) atoms. The lowest BCUT2D eigenvalue weighted by Crippen LogP contribution is -2.01. The first-order chi connectivity index (χ1) is 22.7. The molecule has 0 N–H and O–H groups in total. The van der Waals surface area contributed by atoms with Crippen LogP contribution < -0.4 is 0 Å². The number of hydrogen-bond donors (Lipinski definition) is 0. The first kappa shape index (κ1) is 26.6. The zero-order valence-corrected chi connectivity index (χ0v) is 25.6. The highest BCUT2D eigenvalue weighted by Crippen LogP contribution is 2.48. The minimum absolute atomic E-state index is 0.652. The van der Waals surface area contributed by atoms with Gasteiger partial charge < -0.3 is 4.57 Å². The van der Waals surface area contributed by atoms with Crippen LogP contribution in [-0.4, -0.2) is 4.57 Å². The molecule has 2 nitrogen and oxygen atoms in total. The van der Waals surface area contributed by atoms with Crippen molar-refractivity contribution in [2.45, 2.75) is 9.79 Å². The van der Waals surface area contributed by atoms with Crippen LogP contribution in [0.1, 0.15) is 5.56 Å². The molecule has 0 spiro atoms. The molecule has 9 rings (SSSR count). The van der Waals surface area contributed by atoms with Gasteiger partial charge in [-0.2, -0.15) is 5.26 Å². The SMILES string of the molecule is N#Cc1cc(-c2ccc(-c3ccccc3)cc2)cc(-c2cccc(-c3cc4c5c(c3)c3ccccc3n5-c3ccccc3S4)c2)c1. The summed E-state index contributed by atoms with van der Waals surface area (Å²) in [5.41, 5.74) is 13.4. The van der Waals surface area contributed by atoms with Crippen LogP contribution in [-0.2, 0) is 0 Å². The topological polar surface area (TPSA) is 28.7 Å². The van der Waals surface area contributed by atoms with E-state index < -0.39 is 0 Å². The summed E-state index contributed by atoms with van der Waals surface area (Å²) in [7, 11) is 0. The standard InChI is InChI=1S/C43H26N2S/c44-27-28-21-34(31-19-17-30(18-20-31)29-9-2-1-3-10-29)24-35(22-28)32-11-8-12-33(23-32)36-25-38-37-13-4-5-14-39(37)45-40-15-6-7-16-41(40)46-42(26-36)43(38)45/h1-26H. The Labute approximate surface area is 271 Å². The van der Waals surface area contributed by atoms with Crippen molar-refractivity contribution in [1.82, 2.24) is 4.57 Å². The van der Waals surface area contributed by atoms with Gasteiger partial charge in [0.1, 0.15) is 0 Å². The third kappa shape index (κ3) is 4.35. The quantitative estimate of drug-likeness (QED) is 0.200. The lowest BCUT2D eigenvalue weighted by molar-refractivity contribution is 1.09. The number of fused-ring (bicyclic) bond motifs is 5. The summed E-state index contributed by atoms with van der Waals surface area (Å²) in [6.45, 7) is 0. The smallest absolute Gasteiger partial charge is 0.0992 e. The predicted molar refractivity (Wildman–Crippen MR) is 191 cm³/mol. The van der Waals surface area contributed by atoms with E-state index in [0.717, 1.165) is 27.8 Å². The Morgan fingerprint density at radius 3 is 1.80 bits per heavy atom. The van der Waals surface area contributed by atoms with Crippen LogP contribution in [0.4, 0.5) is 0 Å². The molecule has 3 heteroatoms. The van der Waals surface area contributed by atoms with Gasteiger partial charge in [0.2, 0.25) is 0 Å². The first-order valence-corrected chi connectivity index (χ1v) is 16.2. The molecule has 0 amide bonds. The van der Waals surface area contributed by atoms with E-state index in [1.165, 1.54) is 54.0 Å². The van der Waals surface area contributed by atoms with E-state index in [0.29, 0.717) is 5.56 Å². The fraction of sp³-hybridized carbons (Fsp3) is 0. The maximum atomic E-state index is 9.97. The van der Waals surface area contributed by atoms with Gasteiger partial charge >= 0.3 is 0 Å². The van der Waals surface area contributed by atoms with Crippen molar-refractivity contribution in [2.24, 2.45) is 0 Å². The third-order valence-corrected chi connectivity index (χ3v) is 10.1. The molecular weight excluding hydrogens is 577 g/mol. The Balaban J connectivity index is 1.15. The van der Waals surface area contributed by atoms with Crippen LogP contribution in [0, 0.1) is 11.3 Å². The fourth-order valence-electron chi connectivity index (χ4n) is 6.79. The van der Waals surface area contributed by atoms with Gasteiger partial charge in [0, 0.05) is 20.6 Å². The monoisotopic (exact) mass is 602 g/mol. The fourth-order valence-corrected chi connectivity index (χ4v) is 7.92. The zero-order chi connectivity index (χ0) is 30.6. The molecule has 7 aromatic carbocycles. The summed E-state index contributed by atoms with van der Waals surface area (Å²) in [4.78, 5) is 2.53. The van der Waals surface area contributed by atoms with Crippen molar-refractivity contribution >= 4 is 33.6 Å². The van der Waals surface area contributed by atoms with Crippen LogP contribution in [0.3, 0.4) is 0 Å². The van der Waals surface area contributed by atoms with Crippen molar-refractivity contribution in [3.63, 3.8) is 0 Å². The van der Waals surface area contributed by atoms with Crippen LogP contribution in [0.25, 0.3) is 72.0 Å². The normalized spacial score (nSPS) is 11.8. The van der Waals surface area contributed by atoms with Crippen molar-refractivity contribution in [3.05, 3.63) is 163 Å². The largest absolute Gasteiger partial charge is 0.307 e. The molecule has 0 radical (unpaired) electrons. The molecule has 0 atom stereocenters. The lowest BCUT2D eigenvalue weighted by atomic mass is 9.93. The van der Waals surface area contributed by atoms with E-state index in [9.17, 15) is 5.26 Å². The molecule has 0 saturated carbocycles. The summed E-state index contributed by atoms with van der Waals surface area (Å²) in [5.74, 6) is 0. The Kier molecular flexibility index (Phi) is 6.16. The second-order valence-corrected chi connectivity index (χ2v) is 12.8. The minimum atomic E-state index is 0.652. The van der Waals surface area contributed by atoms with Crippen molar-refractivity contribution in [2.75, 3.05) is 0 Å². The highest BCUT2D eigenvalue weighted by Gasteiger charge is 2.23. The molecule has 1 aliphatic rings. The lowest BCUT2D eigenvalue weighted by Gasteiger charge is -2.20. The Morgan fingerprint density at radius 1 is 0.435 bits per heavy atom. The molecular formula is C43H26N2S. The molecule has 214 valence electrons. The number of rotatable bonds is 4. The van der Waals surface area contributed by atoms with Gasteiger partial charge in [0.15, 0.2) is 0 Å². The highest BCUT2D eigenvalue weighted by molar-refractivity contribution is 7.99. The Hall–Kier alpha value is -5.82. The molecule has 0 bridgehead atoms. The Morgan fingerprint density at radius 2 is 1.02 bits per heavy atom.